The van der Waals surface area contributed by atoms with Crippen LogP contribution in [0.1, 0.15) is 19.4 Å². The molecule has 0 aliphatic carbocycles. The first-order valence-electron chi connectivity index (χ1n) is 6.50. The van der Waals surface area contributed by atoms with Crippen molar-refractivity contribution >= 4 is 27.5 Å². The van der Waals surface area contributed by atoms with Gasteiger partial charge in [0.1, 0.15) is 11.5 Å². The second-order valence-corrected chi connectivity index (χ2v) is 6.15. The Labute approximate surface area is 133 Å². The van der Waals surface area contributed by atoms with E-state index in [9.17, 15) is 0 Å². The Bertz CT molecular complexity index is 569. The summed E-state index contributed by atoms with van der Waals surface area (Å²) in [6, 6.07) is 14.0. The van der Waals surface area contributed by atoms with E-state index in [1.54, 1.807) is 0 Å². The Morgan fingerprint density at radius 1 is 1.15 bits per heavy atom. The van der Waals surface area contributed by atoms with Crippen molar-refractivity contribution < 1.29 is 4.74 Å². The minimum atomic E-state index is 0.482. The first-order chi connectivity index (χ1) is 9.54. The number of nitrogens with one attached hydrogen (secondary N) is 1. The lowest BCUT2D eigenvalue weighted by atomic mass is 10.2. The number of hydrogen-bond donors (Lipinski definition) is 1. The Morgan fingerprint density at radius 2 is 1.85 bits per heavy atom. The maximum atomic E-state index is 5.91. The Morgan fingerprint density at radius 3 is 2.45 bits per heavy atom. The smallest absolute Gasteiger partial charge is 0.141 e. The molecule has 0 fully saturated rings. The molecule has 0 unspecified atom stereocenters. The highest BCUT2D eigenvalue weighted by atomic mass is 79.9. The van der Waals surface area contributed by atoms with Crippen LogP contribution in [-0.4, -0.2) is 6.04 Å². The minimum absolute atomic E-state index is 0.482. The van der Waals surface area contributed by atoms with Crippen molar-refractivity contribution in [3.8, 4) is 11.5 Å². The van der Waals surface area contributed by atoms with Crippen LogP contribution in [0.15, 0.2) is 46.9 Å². The third-order valence-electron chi connectivity index (χ3n) is 2.76. The van der Waals surface area contributed by atoms with Crippen molar-refractivity contribution in [1.29, 1.82) is 0 Å². The van der Waals surface area contributed by atoms with Gasteiger partial charge in [0.25, 0.3) is 0 Å². The molecule has 0 spiro atoms. The minimum Gasteiger partial charge on any atom is -0.456 e. The van der Waals surface area contributed by atoms with E-state index >= 15 is 0 Å². The van der Waals surface area contributed by atoms with Crippen molar-refractivity contribution in [3.63, 3.8) is 0 Å². The highest BCUT2D eigenvalue weighted by molar-refractivity contribution is 9.10. The fourth-order valence-corrected chi connectivity index (χ4v) is 2.45. The van der Waals surface area contributed by atoms with Gasteiger partial charge in [-0.05, 0) is 51.8 Å². The maximum absolute atomic E-state index is 5.91. The molecule has 1 N–H and O–H groups in total. The predicted molar refractivity (Wildman–Crippen MR) is 87.6 cm³/mol. The Kier molecular flexibility index (Phi) is 5.46. The second kappa shape index (κ2) is 7.11. The molecule has 20 heavy (non-hydrogen) atoms. The van der Waals surface area contributed by atoms with E-state index in [0.717, 1.165) is 22.5 Å². The van der Waals surface area contributed by atoms with Gasteiger partial charge in [0, 0.05) is 17.6 Å². The summed E-state index contributed by atoms with van der Waals surface area (Å²) in [6.07, 6.45) is 0. The zero-order valence-corrected chi connectivity index (χ0v) is 13.8. The second-order valence-electron chi connectivity index (χ2n) is 4.86. The van der Waals surface area contributed by atoms with Gasteiger partial charge in [-0.3, -0.25) is 0 Å². The van der Waals surface area contributed by atoms with Crippen LogP contribution in [0.3, 0.4) is 0 Å². The van der Waals surface area contributed by atoms with Gasteiger partial charge in [0.05, 0.1) is 4.47 Å². The molecule has 0 amide bonds. The quantitative estimate of drug-likeness (QED) is 0.777. The van der Waals surface area contributed by atoms with Crippen LogP contribution in [0.2, 0.25) is 5.02 Å². The van der Waals surface area contributed by atoms with Gasteiger partial charge < -0.3 is 10.1 Å². The van der Waals surface area contributed by atoms with Gasteiger partial charge in [0.2, 0.25) is 0 Å². The summed E-state index contributed by atoms with van der Waals surface area (Å²) in [7, 11) is 0. The number of rotatable bonds is 5. The number of benzene rings is 2. The summed E-state index contributed by atoms with van der Waals surface area (Å²) in [6.45, 7) is 5.13. The van der Waals surface area contributed by atoms with Gasteiger partial charge in [-0.2, -0.15) is 0 Å². The Hall–Kier alpha value is -1.03. The van der Waals surface area contributed by atoms with Gasteiger partial charge in [-0.1, -0.05) is 37.6 Å². The van der Waals surface area contributed by atoms with Crippen molar-refractivity contribution in [2.45, 2.75) is 26.4 Å². The normalized spacial score (nSPS) is 10.8. The average Bonchev–Trinajstić information content (AvgIpc) is 2.41. The third-order valence-corrected chi connectivity index (χ3v) is 3.61. The lowest BCUT2D eigenvalue weighted by Crippen LogP contribution is -2.21. The summed E-state index contributed by atoms with van der Waals surface area (Å²) in [4.78, 5) is 0. The molecule has 0 radical (unpaired) electrons. The van der Waals surface area contributed by atoms with Crippen LogP contribution < -0.4 is 10.1 Å². The highest BCUT2D eigenvalue weighted by Gasteiger charge is 2.04. The monoisotopic (exact) mass is 353 g/mol. The van der Waals surface area contributed by atoms with E-state index in [1.165, 1.54) is 5.56 Å². The lowest BCUT2D eigenvalue weighted by molar-refractivity contribution is 0.479. The molecule has 0 saturated carbocycles. The van der Waals surface area contributed by atoms with Crippen molar-refractivity contribution in [3.05, 3.63) is 57.5 Å². The first kappa shape index (κ1) is 15.4. The Balaban J connectivity index is 2.03. The molecule has 2 aromatic carbocycles. The van der Waals surface area contributed by atoms with E-state index in [4.69, 9.17) is 16.3 Å². The van der Waals surface area contributed by atoms with Gasteiger partial charge >= 0.3 is 0 Å². The number of halogens is 2. The van der Waals surface area contributed by atoms with E-state index in [1.807, 2.05) is 30.3 Å². The van der Waals surface area contributed by atoms with E-state index in [-0.39, 0.29) is 0 Å². The highest BCUT2D eigenvalue weighted by Crippen LogP contribution is 2.31. The first-order valence-corrected chi connectivity index (χ1v) is 7.67. The standard InChI is InChI=1S/C16H17BrClNO/c1-11(2)19-10-12-3-6-14(7-4-12)20-16-8-5-13(18)9-15(16)17/h3-9,11,19H,10H2,1-2H3. The molecule has 0 aliphatic heterocycles. The molecule has 0 saturated heterocycles. The van der Waals surface area contributed by atoms with Crippen molar-refractivity contribution in [2.75, 3.05) is 0 Å². The van der Waals surface area contributed by atoms with Crippen LogP contribution in [0.25, 0.3) is 0 Å². The number of ether oxygens (including phenoxy) is 1. The summed E-state index contributed by atoms with van der Waals surface area (Å²) in [5, 5.41) is 4.06. The van der Waals surface area contributed by atoms with Crippen LogP contribution in [-0.2, 0) is 6.54 Å². The van der Waals surface area contributed by atoms with Gasteiger partial charge in [-0.25, -0.2) is 0 Å². The molecular formula is C16H17BrClNO. The summed E-state index contributed by atoms with van der Waals surface area (Å²) < 4.78 is 6.66. The van der Waals surface area contributed by atoms with Crippen LogP contribution in [0.4, 0.5) is 0 Å². The summed E-state index contributed by atoms with van der Waals surface area (Å²) in [5.74, 6) is 1.56. The zero-order chi connectivity index (χ0) is 14.5. The summed E-state index contributed by atoms with van der Waals surface area (Å²) >= 11 is 9.35. The molecule has 4 heteroatoms. The van der Waals surface area contributed by atoms with Gasteiger partial charge in [-0.15, -0.1) is 0 Å². The molecule has 106 valence electrons. The fourth-order valence-electron chi connectivity index (χ4n) is 1.68. The molecule has 0 atom stereocenters. The predicted octanol–water partition coefficient (Wildman–Crippen LogP) is 5.39. The third kappa shape index (κ3) is 4.51. The molecule has 0 bridgehead atoms. The van der Waals surface area contributed by atoms with Crippen molar-refractivity contribution in [1.82, 2.24) is 5.32 Å². The van der Waals surface area contributed by atoms with Crippen molar-refractivity contribution in [2.24, 2.45) is 0 Å². The SMILES string of the molecule is CC(C)NCc1ccc(Oc2ccc(Cl)cc2Br)cc1. The fraction of sp³-hybridized carbons (Fsp3) is 0.250. The largest absolute Gasteiger partial charge is 0.456 e. The van der Waals surface area contributed by atoms with Crippen LogP contribution >= 0.6 is 27.5 Å². The van der Waals surface area contributed by atoms with Gasteiger partial charge in [0.15, 0.2) is 0 Å². The topological polar surface area (TPSA) is 21.3 Å². The van der Waals surface area contributed by atoms with E-state index in [0.29, 0.717) is 11.1 Å². The zero-order valence-electron chi connectivity index (χ0n) is 11.5. The molecule has 2 aromatic rings. The lowest BCUT2D eigenvalue weighted by Gasteiger charge is -2.10. The molecular weight excluding hydrogens is 338 g/mol. The molecule has 2 nitrogen and oxygen atoms in total. The van der Waals surface area contributed by atoms with Crippen LogP contribution in [0, 0.1) is 0 Å². The average molecular weight is 355 g/mol. The molecule has 0 aliphatic rings. The van der Waals surface area contributed by atoms with E-state index < -0.39 is 0 Å². The maximum Gasteiger partial charge on any atom is 0.141 e. The molecule has 2 rings (SSSR count). The van der Waals surface area contributed by atoms with E-state index in [2.05, 4.69) is 47.2 Å². The molecule has 0 heterocycles. The molecule has 0 aromatic heterocycles. The number of hydrogen-bond acceptors (Lipinski definition) is 2. The summed E-state index contributed by atoms with van der Waals surface area (Å²) in [5.41, 5.74) is 1.24. The van der Waals surface area contributed by atoms with Crippen LogP contribution in [0.5, 0.6) is 11.5 Å².